The normalized spacial score (nSPS) is 27.3. The first-order valence-electron chi connectivity index (χ1n) is 10.1. The van der Waals surface area contributed by atoms with Gasteiger partial charge in [-0.15, -0.1) is 0 Å². The fraction of sp³-hybridized carbons (Fsp3) is 0.389. The Labute approximate surface area is 212 Å². The van der Waals surface area contributed by atoms with Crippen molar-refractivity contribution in [3.8, 4) is 11.8 Å². The first kappa shape index (κ1) is 32.3. The molecule has 0 spiro atoms. The maximum Gasteiger partial charge on any atom is 0.490 e. The summed E-state index contributed by atoms with van der Waals surface area (Å²) >= 11 is 0. The van der Waals surface area contributed by atoms with Crippen molar-refractivity contribution in [1.82, 2.24) is 5.32 Å². The highest BCUT2D eigenvalue weighted by atomic mass is 31.3. The van der Waals surface area contributed by atoms with Crippen molar-refractivity contribution < 1.29 is 74.2 Å². The summed E-state index contributed by atoms with van der Waals surface area (Å²) in [5, 5.41) is 11.8. The number of halogens is 3. The number of ether oxygens (including phenoxy) is 1. The van der Waals surface area contributed by atoms with Gasteiger partial charge in [-0.3, -0.25) is 9.32 Å². The van der Waals surface area contributed by atoms with Crippen molar-refractivity contribution >= 4 is 29.4 Å². The zero-order valence-corrected chi connectivity index (χ0v) is 21.5. The minimum atomic E-state index is -5.70. The Bertz CT molecular complexity index is 1230. The van der Waals surface area contributed by atoms with Crippen LogP contribution in [-0.4, -0.2) is 68.2 Å². The molecule has 1 aliphatic carbocycles. The summed E-state index contributed by atoms with van der Waals surface area (Å²) < 4.78 is 87.7. The van der Waals surface area contributed by atoms with Gasteiger partial charge in [0.2, 0.25) is 0 Å². The molecule has 5 atom stereocenters. The fourth-order valence-corrected chi connectivity index (χ4v) is 5.89. The van der Waals surface area contributed by atoms with Crippen LogP contribution in [0.15, 0.2) is 47.6 Å². The molecule has 2 rings (SSSR count). The van der Waals surface area contributed by atoms with E-state index in [0.717, 1.165) is 0 Å². The Balaban J connectivity index is 1.95. The Morgan fingerprint density at radius 1 is 1.08 bits per heavy atom. The molecular formula is C18H21F3NO13P3. The van der Waals surface area contributed by atoms with Crippen LogP contribution in [0, 0.1) is 11.8 Å². The van der Waals surface area contributed by atoms with E-state index in [1.54, 1.807) is 23.5 Å². The van der Waals surface area contributed by atoms with Crippen LogP contribution in [0.1, 0.15) is 6.42 Å². The third-order valence-electron chi connectivity index (χ3n) is 4.37. The molecule has 0 radical (unpaired) electrons. The molecule has 0 aromatic rings. The van der Waals surface area contributed by atoms with Gasteiger partial charge in [-0.1, -0.05) is 36.1 Å². The minimum absolute atomic E-state index is 0.0252. The molecule has 0 saturated carbocycles. The lowest BCUT2D eigenvalue weighted by Crippen LogP contribution is -2.36. The highest BCUT2D eigenvalue weighted by Crippen LogP contribution is 2.66. The largest absolute Gasteiger partial charge is 0.490 e. The highest BCUT2D eigenvalue weighted by Gasteiger charge is 2.43. The number of alkyl halides is 3. The van der Waals surface area contributed by atoms with Crippen molar-refractivity contribution in [2.45, 2.75) is 30.9 Å². The number of carbonyl (C=O) groups is 1. The van der Waals surface area contributed by atoms with Crippen molar-refractivity contribution in [1.29, 1.82) is 0 Å². The van der Waals surface area contributed by atoms with Crippen molar-refractivity contribution in [2.75, 3.05) is 13.2 Å². The Kier molecular flexibility index (Phi) is 11.0. The molecule has 38 heavy (non-hydrogen) atoms. The van der Waals surface area contributed by atoms with Crippen LogP contribution >= 0.6 is 23.5 Å². The minimum Gasteiger partial charge on any atom is -0.390 e. The average Bonchev–Trinajstić information content (AvgIpc) is 3.08. The van der Waals surface area contributed by atoms with E-state index in [9.17, 15) is 41.7 Å². The van der Waals surface area contributed by atoms with Crippen LogP contribution < -0.4 is 5.32 Å². The predicted molar refractivity (Wildman–Crippen MR) is 120 cm³/mol. The second-order valence-electron chi connectivity index (χ2n) is 7.34. The van der Waals surface area contributed by atoms with Gasteiger partial charge >= 0.3 is 35.6 Å². The summed E-state index contributed by atoms with van der Waals surface area (Å²) in [5.74, 6) is 2.82. The lowest BCUT2D eigenvalue weighted by Gasteiger charge is -2.19. The summed E-state index contributed by atoms with van der Waals surface area (Å²) in [6, 6.07) is 0. The summed E-state index contributed by atoms with van der Waals surface area (Å²) in [6.07, 6.45) is 0.969. The molecular weight excluding hydrogens is 588 g/mol. The smallest absolute Gasteiger partial charge is 0.390 e. The van der Waals surface area contributed by atoms with Gasteiger partial charge in [-0.25, -0.2) is 13.7 Å². The summed E-state index contributed by atoms with van der Waals surface area (Å²) in [5.41, 5.74) is 0.842. The maximum atomic E-state index is 12.2. The average molecular weight is 609 g/mol. The van der Waals surface area contributed by atoms with Gasteiger partial charge in [0.15, 0.2) is 0 Å². The molecule has 6 N–H and O–H groups in total. The third-order valence-corrected chi connectivity index (χ3v) is 8.17. The molecule has 20 heteroatoms. The Morgan fingerprint density at radius 2 is 1.74 bits per heavy atom. The number of carbonyl (C=O) groups excluding carboxylic acids is 1. The van der Waals surface area contributed by atoms with Crippen LogP contribution in [0.5, 0.6) is 0 Å². The van der Waals surface area contributed by atoms with E-state index >= 15 is 0 Å². The molecule has 0 aromatic carbocycles. The number of phosphoric acid groups is 3. The molecule has 0 aromatic heterocycles. The van der Waals surface area contributed by atoms with Gasteiger partial charge in [0, 0.05) is 12.0 Å². The molecule has 2 aliphatic rings. The number of nitrogens with one attached hydrogen (secondary N) is 1. The molecule has 1 saturated heterocycles. The number of amides is 1. The quantitative estimate of drug-likeness (QED) is 0.162. The van der Waals surface area contributed by atoms with Crippen LogP contribution in [-0.2, 0) is 36.4 Å². The third kappa shape index (κ3) is 11.5. The number of aliphatic hydroxyl groups is 1. The number of rotatable bonds is 9. The van der Waals surface area contributed by atoms with E-state index < -0.39 is 67.0 Å². The van der Waals surface area contributed by atoms with E-state index in [2.05, 4.69) is 25.0 Å². The van der Waals surface area contributed by atoms with Gasteiger partial charge in [0.25, 0.3) is 0 Å². The van der Waals surface area contributed by atoms with Crippen LogP contribution in [0.4, 0.5) is 13.2 Å². The van der Waals surface area contributed by atoms with Crippen LogP contribution in [0.25, 0.3) is 0 Å². The van der Waals surface area contributed by atoms with E-state index in [0.29, 0.717) is 11.1 Å². The predicted octanol–water partition coefficient (Wildman–Crippen LogP) is 1.51. The van der Waals surface area contributed by atoms with Crippen molar-refractivity contribution in [3.05, 3.63) is 47.6 Å². The monoisotopic (exact) mass is 609 g/mol. The molecule has 2 unspecified atom stereocenters. The molecule has 0 bridgehead atoms. The lowest BCUT2D eigenvalue weighted by atomic mass is 10.0. The van der Waals surface area contributed by atoms with E-state index in [-0.39, 0.29) is 6.42 Å². The summed E-state index contributed by atoms with van der Waals surface area (Å²) in [6.45, 7) is -1.39. The second kappa shape index (κ2) is 13.0. The zero-order valence-electron chi connectivity index (χ0n) is 18.8. The van der Waals surface area contributed by atoms with E-state index in [1.807, 2.05) is 0 Å². The molecule has 1 fully saturated rings. The molecule has 14 nitrogen and oxygen atoms in total. The first-order chi connectivity index (χ1) is 17.4. The van der Waals surface area contributed by atoms with Gasteiger partial charge in [0.05, 0.1) is 25.4 Å². The van der Waals surface area contributed by atoms with Gasteiger partial charge in [0.1, 0.15) is 6.10 Å². The van der Waals surface area contributed by atoms with E-state index in [4.69, 9.17) is 19.4 Å². The van der Waals surface area contributed by atoms with Gasteiger partial charge in [-0.2, -0.15) is 21.8 Å². The van der Waals surface area contributed by atoms with Crippen LogP contribution in [0.3, 0.4) is 0 Å². The van der Waals surface area contributed by atoms with Crippen molar-refractivity contribution in [2.24, 2.45) is 0 Å². The topological polar surface area (TPSA) is 218 Å². The fourth-order valence-electron chi connectivity index (χ4n) is 2.86. The molecule has 1 heterocycles. The summed E-state index contributed by atoms with van der Waals surface area (Å²) in [4.78, 5) is 46.5. The number of allylic oxidation sites excluding steroid dienone is 6. The van der Waals surface area contributed by atoms with Gasteiger partial charge in [-0.05, 0) is 17.7 Å². The van der Waals surface area contributed by atoms with Gasteiger partial charge < -0.3 is 34.7 Å². The number of aliphatic hydroxyl groups excluding tert-OH is 1. The van der Waals surface area contributed by atoms with Crippen molar-refractivity contribution in [3.63, 3.8) is 0 Å². The molecule has 1 amide bonds. The number of hydrogen-bond acceptors (Lipinski definition) is 9. The second-order valence-corrected chi connectivity index (χ2v) is 11.8. The Morgan fingerprint density at radius 3 is 2.37 bits per heavy atom. The summed E-state index contributed by atoms with van der Waals surface area (Å²) in [7, 11) is -16.7. The Hall–Kier alpha value is -1.89. The van der Waals surface area contributed by atoms with Crippen LogP contribution in [0.2, 0.25) is 0 Å². The highest BCUT2D eigenvalue weighted by molar-refractivity contribution is 7.66. The number of hydrogen-bond donors (Lipinski definition) is 6. The lowest BCUT2D eigenvalue weighted by molar-refractivity contribution is -0.173. The molecule has 1 aliphatic heterocycles. The standard InChI is InChI=1S/C18H21F3NO13P3/c19-18(20,21)17(24)22-9-3-5-12-4-1-2-6-13(8-7-12)15-10-14(23)16(33-15)11-32-37(28,29)35-38(30,31)34-36(25,26)27/h1-2,4,6-8,14-16,23H,9-11H2,(H,22,24)(H,28,29)(H,30,31)(H2,25,26,27)/b2-1-,4-1?,6-2?,8-7?,12-4?,12-7?,13-6+,13-8?/t14-,15-,16-/m1/s1. The SMILES string of the molecule is O=C(NCC#CC1=C/C=C\C=C(\[C@H]2C[C@@H](O)[C@@H](COP(=O)(O)OP(=O)(O)OP(=O)(O)O)O2)C=C1)C(F)(F)F. The van der Waals surface area contributed by atoms with E-state index in [1.165, 1.54) is 18.2 Å². The maximum absolute atomic E-state index is 12.2. The first-order valence-corrected chi connectivity index (χ1v) is 14.6. The number of phosphoric ester groups is 1. The molecule has 212 valence electrons. The zero-order chi connectivity index (χ0) is 28.8.